The standard InChI is InChI=1S/C18H26ClNO3/c1-11-8-9-12(2)16(10-11)20-18(22)23-13(3)17(21)14-6-4-5-7-15(14)19/h4-7,11-13,16-17,21H,8-10H2,1-3H3,(H,20,22). The molecule has 0 bridgehead atoms. The van der Waals surface area contributed by atoms with Gasteiger partial charge in [0, 0.05) is 16.6 Å². The second-order valence-corrected chi connectivity index (χ2v) is 7.13. The first kappa shape index (κ1) is 18.1. The number of aliphatic hydroxyl groups excluding tert-OH is 1. The predicted octanol–water partition coefficient (Wildman–Crippen LogP) is 4.31. The largest absolute Gasteiger partial charge is 0.443 e. The Morgan fingerprint density at radius 1 is 1.35 bits per heavy atom. The zero-order chi connectivity index (χ0) is 17.0. The molecule has 5 heteroatoms. The fraction of sp³-hybridized carbons (Fsp3) is 0.611. The van der Waals surface area contributed by atoms with Gasteiger partial charge in [-0.1, -0.05) is 50.1 Å². The van der Waals surface area contributed by atoms with Gasteiger partial charge in [0.15, 0.2) is 0 Å². The molecule has 1 aliphatic rings. The molecule has 5 unspecified atom stereocenters. The van der Waals surface area contributed by atoms with Gasteiger partial charge in [-0.15, -0.1) is 0 Å². The van der Waals surface area contributed by atoms with Crippen LogP contribution in [0.2, 0.25) is 5.02 Å². The summed E-state index contributed by atoms with van der Waals surface area (Å²) in [7, 11) is 0. The SMILES string of the molecule is CC1CCC(C)C(NC(=O)OC(C)C(O)c2ccccc2Cl)C1. The molecule has 5 atom stereocenters. The minimum absolute atomic E-state index is 0.135. The lowest BCUT2D eigenvalue weighted by atomic mass is 9.80. The highest BCUT2D eigenvalue weighted by Crippen LogP contribution is 2.29. The molecule has 0 radical (unpaired) electrons. The average Bonchev–Trinajstić information content (AvgIpc) is 2.50. The lowest BCUT2D eigenvalue weighted by Crippen LogP contribution is -2.44. The van der Waals surface area contributed by atoms with E-state index in [1.165, 1.54) is 6.42 Å². The fourth-order valence-electron chi connectivity index (χ4n) is 3.12. The molecule has 1 amide bonds. The molecule has 128 valence electrons. The van der Waals surface area contributed by atoms with Crippen LogP contribution < -0.4 is 5.32 Å². The zero-order valence-corrected chi connectivity index (χ0v) is 14.7. The van der Waals surface area contributed by atoms with Crippen molar-refractivity contribution in [2.75, 3.05) is 0 Å². The Balaban J connectivity index is 1.90. The molecule has 0 spiro atoms. The number of carbonyl (C=O) groups is 1. The van der Waals surface area contributed by atoms with Gasteiger partial charge >= 0.3 is 6.09 Å². The van der Waals surface area contributed by atoms with Crippen LogP contribution in [0.5, 0.6) is 0 Å². The highest BCUT2D eigenvalue weighted by molar-refractivity contribution is 6.31. The Kier molecular flexibility index (Phi) is 6.31. The Morgan fingerprint density at radius 3 is 2.74 bits per heavy atom. The van der Waals surface area contributed by atoms with E-state index < -0.39 is 18.3 Å². The lowest BCUT2D eigenvalue weighted by Gasteiger charge is -2.33. The smallest absolute Gasteiger partial charge is 0.407 e. The zero-order valence-electron chi connectivity index (χ0n) is 14.0. The van der Waals surface area contributed by atoms with Gasteiger partial charge < -0.3 is 15.2 Å². The number of benzene rings is 1. The van der Waals surface area contributed by atoms with E-state index in [0.29, 0.717) is 22.4 Å². The van der Waals surface area contributed by atoms with E-state index in [0.717, 1.165) is 12.8 Å². The van der Waals surface area contributed by atoms with Crippen molar-refractivity contribution in [1.82, 2.24) is 5.32 Å². The Morgan fingerprint density at radius 2 is 2.04 bits per heavy atom. The van der Waals surface area contributed by atoms with Crippen LogP contribution in [0.1, 0.15) is 51.7 Å². The van der Waals surface area contributed by atoms with Crippen LogP contribution in [0.15, 0.2) is 24.3 Å². The quantitative estimate of drug-likeness (QED) is 0.859. The predicted molar refractivity (Wildman–Crippen MR) is 91.5 cm³/mol. The summed E-state index contributed by atoms with van der Waals surface area (Å²) < 4.78 is 5.35. The number of aliphatic hydroxyl groups is 1. The molecule has 1 fully saturated rings. The van der Waals surface area contributed by atoms with Gasteiger partial charge in [0.25, 0.3) is 0 Å². The van der Waals surface area contributed by atoms with Crippen LogP contribution in [-0.2, 0) is 4.74 Å². The van der Waals surface area contributed by atoms with Gasteiger partial charge in [-0.05, 0) is 37.7 Å². The van der Waals surface area contributed by atoms with Crippen LogP contribution in [0.25, 0.3) is 0 Å². The summed E-state index contributed by atoms with van der Waals surface area (Å²) in [5, 5.41) is 13.7. The van der Waals surface area contributed by atoms with Crippen molar-refractivity contribution in [3.63, 3.8) is 0 Å². The molecule has 0 aromatic heterocycles. The van der Waals surface area contributed by atoms with Crippen LogP contribution in [-0.4, -0.2) is 23.3 Å². The van der Waals surface area contributed by atoms with E-state index in [1.54, 1.807) is 31.2 Å². The molecular formula is C18H26ClNO3. The Hall–Kier alpha value is -1.26. The number of nitrogens with one attached hydrogen (secondary N) is 1. The highest BCUT2D eigenvalue weighted by atomic mass is 35.5. The number of halogens is 1. The van der Waals surface area contributed by atoms with Crippen molar-refractivity contribution in [1.29, 1.82) is 0 Å². The average molecular weight is 340 g/mol. The number of ether oxygens (including phenoxy) is 1. The van der Waals surface area contributed by atoms with Crippen LogP contribution in [0.3, 0.4) is 0 Å². The molecule has 23 heavy (non-hydrogen) atoms. The number of amides is 1. The van der Waals surface area contributed by atoms with Crippen molar-refractivity contribution in [3.05, 3.63) is 34.9 Å². The molecule has 1 saturated carbocycles. The summed E-state index contributed by atoms with van der Waals surface area (Å²) in [6.45, 7) is 6.02. The van der Waals surface area contributed by atoms with Crippen molar-refractivity contribution in [3.8, 4) is 0 Å². The van der Waals surface area contributed by atoms with Crippen LogP contribution in [0, 0.1) is 11.8 Å². The van der Waals surface area contributed by atoms with Gasteiger partial charge in [0.1, 0.15) is 12.2 Å². The molecular weight excluding hydrogens is 314 g/mol. The minimum atomic E-state index is -0.947. The van der Waals surface area contributed by atoms with E-state index in [-0.39, 0.29) is 6.04 Å². The van der Waals surface area contributed by atoms with E-state index in [2.05, 4.69) is 19.2 Å². The van der Waals surface area contributed by atoms with Crippen LogP contribution in [0.4, 0.5) is 4.79 Å². The number of rotatable bonds is 4. The van der Waals surface area contributed by atoms with Crippen LogP contribution >= 0.6 is 11.6 Å². The molecule has 0 saturated heterocycles. The normalized spacial score (nSPS) is 27.1. The third-order valence-corrected chi connectivity index (χ3v) is 5.07. The summed E-state index contributed by atoms with van der Waals surface area (Å²) in [5.74, 6) is 1.06. The van der Waals surface area contributed by atoms with Crippen molar-refractivity contribution < 1.29 is 14.6 Å². The highest BCUT2D eigenvalue weighted by Gasteiger charge is 2.28. The first-order valence-corrected chi connectivity index (χ1v) is 8.66. The van der Waals surface area contributed by atoms with E-state index in [1.807, 2.05) is 0 Å². The molecule has 1 aromatic rings. The summed E-state index contributed by atoms with van der Waals surface area (Å²) in [4.78, 5) is 12.1. The van der Waals surface area contributed by atoms with E-state index in [4.69, 9.17) is 16.3 Å². The van der Waals surface area contributed by atoms with Gasteiger partial charge in [0.05, 0.1) is 0 Å². The lowest BCUT2D eigenvalue weighted by molar-refractivity contribution is 0.00897. The maximum Gasteiger partial charge on any atom is 0.407 e. The molecule has 0 heterocycles. The van der Waals surface area contributed by atoms with Crippen molar-refractivity contribution in [2.45, 2.75) is 58.3 Å². The number of alkyl carbamates (subject to hydrolysis) is 1. The molecule has 0 aliphatic heterocycles. The van der Waals surface area contributed by atoms with Crippen molar-refractivity contribution >= 4 is 17.7 Å². The van der Waals surface area contributed by atoms with E-state index in [9.17, 15) is 9.90 Å². The number of hydrogen-bond donors (Lipinski definition) is 2. The monoisotopic (exact) mass is 339 g/mol. The summed E-state index contributed by atoms with van der Waals surface area (Å²) in [6.07, 6.45) is 1.19. The van der Waals surface area contributed by atoms with Crippen molar-refractivity contribution in [2.24, 2.45) is 11.8 Å². The maximum atomic E-state index is 12.1. The molecule has 4 nitrogen and oxygen atoms in total. The molecule has 2 rings (SSSR count). The molecule has 2 N–H and O–H groups in total. The van der Waals surface area contributed by atoms with Gasteiger partial charge in [-0.3, -0.25) is 0 Å². The summed E-state index contributed by atoms with van der Waals surface area (Å²) in [6, 6.07) is 7.16. The van der Waals surface area contributed by atoms with E-state index >= 15 is 0 Å². The Bertz CT molecular complexity index is 537. The first-order chi connectivity index (χ1) is 10.9. The van der Waals surface area contributed by atoms with Gasteiger partial charge in [-0.2, -0.15) is 0 Å². The maximum absolute atomic E-state index is 12.1. The summed E-state index contributed by atoms with van der Waals surface area (Å²) >= 11 is 6.07. The molecule has 1 aromatic carbocycles. The first-order valence-electron chi connectivity index (χ1n) is 8.28. The van der Waals surface area contributed by atoms with Gasteiger partial charge in [-0.25, -0.2) is 4.79 Å². The Labute approximate surface area is 143 Å². The summed E-state index contributed by atoms with van der Waals surface area (Å²) in [5.41, 5.74) is 0.564. The molecule has 1 aliphatic carbocycles. The topological polar surface area (TPSA) is 58.6 Å². The second-order valence-electron chi connectivity index (χ2n) is 6.72. The fourth-order valence-corrected chi connectivity index (χ4v) is 3.37. The number of hydrogen-bond acceptors (Lipinski definition) is 3. The number of carbonyl (C=O) groups excluding carboxylic acids is 1. The third kappa shape index (κ3) is 4.85. The third-order valence-electron chi connectivity index (χ3n) is 4.72. The second kappa shape index (κ2) is 8.02. The van der Waals surface area contributed by atoms with Gasteiger partial charge in [0.2, 0.25) is 0 Å². The minimum Gasteiger partial charge on any atom is -0.443 e.